The predicted molar refractivity (Wildman–Crippen MR) is 90.0 cm³/mol. The van der Waals surface area contributed by atoms with Crippen LogP contribution in [0.4, 0.5) is 4.39 Å². The van der Waals surface area contributed by atoms with E-state index in [2.05, 4.69) is 21.3 Å². The van der Waals surface area contributed by atoms with Crippen LogP contribution in [0.5, 0.6) is 0 Å². The van der Waals surface area contributed by atoms with Gasteiger partial charge in [-0.2, -0.15) is 0 Å². The van der Waals surface area contributed by atoms with E-state index in [1.807, 2.05) is 5.38 Å². The molecule has 0 radical (unpaired) electrons. The molecule has 0 aromatic carbocycles. The second-order valence-corrected chi connectivity index (χ2v) is 7.36. The Kier molecular flexibility index (Phi) is 5.78. The molecular weight excluding hydrogens is 313 g/mol. The molecule has 3 rings (SSSR count). The van der Waals surface area contributed by atoms with E-state index in [-0.39, 0.29) is 11.9 Å². The Morgan fingerprint density at radius 2 is 2.35 bits per heavy atom. The molecule has 2 aliphatic rings. The highest BCUT2D eigenvalue weighted by Gasteiger charge is 2.32. The Balaban J connectivity index is 1.53. The topological polar surface area (TPSA) is 45.2 Å². The fraction of sp³-hybridized carbons (Fsp3) is 0.647. The first-order valence-electron chi connectivity index (χ1n) is 8.46. The molecular formula is C17H24FN3OS. The van der Waals surface area contributed by atoms with Gasteiger partial charge in [0.2, 0.25) is 5.91 Å². The molecule has 1 aromatic heterocycles. The molecule has 1 fully saturated rings. The van der Waals surface area contributed by atoms with Crippen molar-refractivity contribution in [2.75, 3.05) is 13.1 Å². The van der Waals surface area contributed by atoms with Gasteiger partial charge in [0.15, 0.2) is 0 Å². The van der Waals surface area contributed by atoms with E-state index in [4.69, 9.17) is 0 Å². The maximum atomic E-state index is 13.8. The molecule has 0 saturated carbocycles. The number of carbonyl (C=O) groups is 1. The molecule has 1 N–H and O–H groups in total. The van der Waals surface area contributed by atoms with Crippen LogP contribution in [0.3, 0.4) is 0 Å². The first-order valence-corrected chi connectivity index (χ1v) is 9.34. The highest BCUT2D eigenvalue weighted by atomic mass is 32.1. The molecule has 1 aromatic rings. The van der Waals surface area contributed by atoms with E-state index in [1.54, 1.807) is 17.5 Å². The quantitative estimate of drug-likeness (QED) is 0.898. The van der Waals surface area contributed by atoms with Crippen molar-refractivity contribution in [3.63, 3.8) is 0 Å². The number of allylic oxidation sites excluding steroid dienone is 1. The number of nitrogens with zero attached hydrogens (tertiary/aromatic N) is 2. The minimum atomic E-state index is -0.811. The molecule has 2 heterocycles. The van der Waals surface area contributed by atoms with Crippen molar-refractivity contribution in [2.45, 2.75) is 57.3 Å². The molecule has 0 bridgehead atoms. The van der Waals surface area contributed by atoms with Gasteiger partial charge in [0, 0.05) is 36.3 Å². The van der Waals surface area contributed by atoms with Crippen LogP contribution in [0.15, 0.2) is 23.2 Å². The van der Waals surface area contributed by atoms with Crippen molar-refractivity contribution < 1.29 is 9.18 Å². The maximum absolute atomic E-state index is 13.8. The normalized spacial score (nSPS) is 25.9. The molecule has 126 valence electrons. The van der Waals surface area contributed by atoms with Gasteiger partial charge in [0.05, 0.1) is 6.54 Å². The van der Waals surface area contributed by atoms with Gasteiger partial charge in [-0.25, -0.2) is 9.37 Å². The van der Waals surface area contributed by atoms with Gasteiger partial charge in [0.25, 0.3) is 0 Å². The molecule has 1 aliphatic heterocycles. The molecule has 2 atom stereocenters. The molecule has 0 spiro atoms. The Morgan fingerprint density at radius 3 is 3.17 bits per heavy atom. The fourth-order valence-corrected chi connectivity index (χ4v) is 4.02. The van der Waals surface area contributed by atoms with Crippen molar-refractivity contribution in [1.29, 1.82) is 0 Å². The third kappa shape index (κ3) is 4.61. The van der Waals surface area contributed by atoms with E-state index < -0.39 is 6.17 Å². The number of likely N-dealkylation sites (tertiary alicyclic amines) is 1. The molecule has 6 heteroatoms. The molecule has 1 amide bonds. The summed E-state index contributed by atoms with van der Waals surface area (Å²) in [7, 11) is 0. The van der Waals surface area contributed by atoms with Crippen LogP contribution in [0.2, 0.25) is 0 Å². The molecule has 4 nitrogen and oxygen atoms in total. The number of aromatic nitrogens is 1. The molecule has 1 aliphatic carbocycles. The van der Waals surface area contributed by atoms with Crippen molar-refractivity contribution in [1.82, 2.24) is 15.2 Å². The predicted octanol–water partition coefficient (Wildman–Crippen LogP) is 3.06. The lowest BCUT2D eigenvalue weighted by Gasteiger charge is -2.23. The van der Waals surface area contributed by atoms with Crippen molar-refractivity contribution in [3.05, 3.63) is 28.2 Å². The van der Waals surface area contributed by atoms with Crippen molar-refractivity contribution >= 4 is 17.2 Å². The van der Waals surface area contributed by atoms with Crippen LogP contribution in [0.25, 0.3) is 0 Å². The summed E-state index contributed by atoms with van der Waals surface area (Å²) >= 11 is 1.59. The van der Waals surface area contributed by atoms with E-state index in [9.17, 15) is 9.18 Å². The number of hydrogen-bond acceptors (Lipinski definition) is 4. The highest BCUT2D eigenvalue weighted by Crippen LogP contribution is 2.23. The van der Waals surface area contributed by atoms with Gasteiger partial charge in [-0.1, -0.05) is 12.5 Å². The number of hydrogen-bond donors (Lipinski definition) is 1. The number of thiazole rings is 1. The average Bonchev–Trinajstić information content (AvgIpc) is 3.06. The smallest absolute Gasteiger partial charge is 0.246 e. The Labute approximate surface area is 140 Å². The number of nitrogens with one attached hydrogen (secondary N) is 1. The largest absolute Gasteiger partial charge is 0.351 e. The third-order valence-corrected chi connectivity index (χ3v) is 5.39. The second kappa shape index (κ2) is 8.02. The summed E-state index contributed by atoms with van der Waals surface area (Å²) in [5.41, 5.74) is 0.906. The first kappa shape index (κ1) is 16.6. The van der Waals surface area contributed by atoms with Crippen LogP contribution in [0, 0.1) is 0 Å². The van der Waals surface area contributed by atoms with Crippen LogP contribution < -0.4 is 5.32 Å². The molecule has 1 saturated heterocycles. The summed E-state index contributed by atoms with van der Waals surface area (Å²) in [5.74, 6) is 0.0309. The SMILES string of the molecule is O=C(NC[C@@H]1C[C@H](F)CN1Cc1nccs1)C1=CCCCCC1. The summed E-state index contributed by atoms with van der Waals surface area (Å²) in [5, 5.41) is 5.96. The van der Waals surface area contributed by atoms with Gasteiger partial charge >= 0.3 is 0 Å². The van der Waals surface area contributed by atoms with Crippen LogP contribution >= 0.6 is 11.3 Å². The minimum absolute atomic E-state index is 0.0309. The van der Waals surface area contributed by atoms with Gasteiger partial charge in [0.1, 0.15) is 11.2 Å². The standard InChI is InChI=1S/C17H24FN3OS/c18-14-9-15(21(11-14)12-16-19-7-8-23-16)10-20-17(22)13-5-3-1-2-4-6-13/h5,7-8,14-15H,1-4,6,9-12H2,(H,20,22)/t14-,15-/m0/s1. The second-order valence-electron chi connectivity index (χ2n) is 6.38. The molecule has 0 unspecified atom stereocenters. The van der Waals surface area contributed by atoms with E-state index in [0.717, 1.165) is 29.8 Å². The monoisotopic (exact) mass is 337 g/mol. The summed E-state index contributed by atoms with van der Waals surface area (Å²) in [6.45, 7) is 1.62. The Morgan fingerprint density at radius 1 is 1.43 bits per heavy atom. The Hall–Kier alpha value is -1.27. The summed E-state index contributed by atoms with van der Waals surface area (Å²) in [6, 6.07) is 0.0595. The lowest BCUT2D eigenvalue weighted by molar-refractivity contribution is -0.117. The van der Waals surface area contributed by atoms with Crippen LogP contribution in [-0.4, -0.2) is 41.1 Å². The van der Waals surface area contributed by atoms with Gasteiger partial charge in [-0.15, -0.1) is 11.3 Å². The zero-order valence-electron chi connectivity index (χ0n) is 13.3. The first-order chi connectivity index (χ1) is 11.2. The zero-order chi connectivity index (χ0) is 16.1. The summed E-state index contributed by atoms with van der Waals surface area (Å²) in [6.07, 6.45) is 8.84. The van der Waals surface area contributed by atoms with Gasteiger partial charge < -0.3 is 5.32 Å². The van der Waals surface area contributed by atoms with Crippen molar-refractivity contribution in [2.24, 2.45) is 0 Å². The maximum Gasteiger partial charge on any atom is 0.246 e. The van der Waals surface area contributed by atoms with E-state index >= 15 is 0 Å². The number of rotatable bonds is 5. The number of amides is 1. The lowest BCUT2D eigenvalue weighted by Crippen LogP contribution is -2.40. The zero-order valence-corrected chi connectivity index (χ0v) is 14.2. The Bertz CT molecular complexity index is 546. The van der Waals surface area contributed by atoms with E-state index in [0.29, 0.717) is 26.1 Å². The summed E-state index contributed by atoms with van der Waals surface area (Å²) < 4.78 is 13.8. The number of alkyl halides is 1. The molecule has 23 heavy (non-hydrogen) atoms. The van der Waals surface area contributed by atoms with Crippen LogP contribution in [-0.2, 0) is 11.3 Å². The van der Waals surface area contributed by atoms with Crippen molar-refractivity contribution in [3.8, 4) is 0 Å². The highest BCUT2D eigenvalue weighted by molar-refractivity contribution is 7.09. The average molecular weight is 337 g/mol. The van der Waals surface area contributed by atoms with E-state index in [1.165, 1.54) is 12.8 Å². The van der Waals surface area contributed by atoms with Gasteiger partial charge in [-0.3, -0.25) is 9.69 Å². The fourth-order valence-electron chi connectivity index (χ4n) is 3.38. The van der Waals surface area contributed by atoms with Gasteiger partial charge in [-0.05, 0) is 32.1 Å². The number of carbonyl (C=O) groups excluding carboxylic acids is 1. The third-order valence-electron chi connectivity index (χ3n) is 4.63. The number of halogens is 1. The summed E-state index contributed by atoms with van der Waals surface area (Å²) in [4.78, 5) is 18.7. The lowest BCUT2D eigenvalue weighted by atomic mass is 10.1. The minimum Gasteiger partial charge on any atom is -0.351 e. The van der Waals surface area contributed by atoms with Crippen LogP contribution in [0.1, 0.15) is 43.5 Å².